The van der Waals surface area contributed by atoms with Crippen molar-refractivity contribution < 1.29 is 19.1 Å². The van der Waals surface area contributed by atoms with Gasteiger partial charge in [0, 0.05) is 36.5 Å². The van der Waals surface area contributed by atoms with Crippen LogP contribution in [0.3, 0.4) is 0 Å². The molecular weight excluding hydrogens is 510 g/mol. The van der Waals surface area contributed by atoms with Crippen LogP contribution in [0.4, 0.5) is 0 Å². The highest BCUT2D eigenvalue weighted by molar-refractivity contribution is 8.15. The molecule has 0 aliphatic carbocycles. The van der Waals surface area contributed by atoms with Crippen LogP contribution >= 0.6 is 24.0 Å². The van der Waals surface area contributed by atoms with Gasteiger partial charge in [0.05, 0.1) is 12.1 Å². The third-order valence-electron chi connectivity index (χ3n) is 5.77. The number of ether oxygens (including phenoxy) is 1. The fourth-order valence-electron chi connectivity index (χ4n) is 3.64. The minimum Gasteiger partial charge on any atom is -0.459 e. The van der Waals surface area contributed by atoms with Gasteiger partial charge in [-0.15, -0.1) is 0 Å². The van der Waals surface area contributed by atoms with E-state index in [1.165, 1.54) is 11.8 Å². The number of nitrogens with two attached hydrogens (primary N) is 1. The zero-order valence-electron chi connectivity index (χ0n) is 20.9. The molecule has 1 aromatic carbocycles. The quantitative estimate of drug-likeness (QED) is 0.326. The highest BCUT2D eigenvalue weighted by Gasteiger charge is 2.40. The smallest absolute Gasteiger partial charge is 0.307 e. The molecule has 11 heteroatoms. The number of aliphatic imine (C=N–C) groups is 1. The maximum Gasteiger partial charge on any atom is 0.307 e. The first-order valence-corrected chi connectivity index (χ1v) is 13.4. The van der Waals surface area contributed by atoms with Gasteiger partial charge in [-0.1, -0.05) is 55.5 Å². The number of thiocarbonyl (C=S) groups is 1. The molecule has 1 aliphatic rings. The van der Waals surface area contributed by atoms with Gasteiger partial charge in [-0.3, -0.25) is 19.4 Å². The molecule has 0 spiro atoms. The average molecular weight is 542 g/mol. The van der Waals surface area contributed by atoms with E-state index in [4.69, 9.17) is 22.7 Å². The molecular formula is C26H31N5O4S2. The predicted octanol–water partition coefficient (Wildman–Crippen LogP) is 3.07. The highest BCUT2D eigenvalue weighted by Crippen LogP contribution is 2.32. The Kier molecular flexibility index (Phi) is 10.6. The first-order chi connectivity index (χ1) is 17.8. The van der Waals surface area contributed by atoms with Crippen LogP contribution in [0.15, 0.2) is 53.7 Å². The average Bonchev–Trinajstić information content (AvgIpc) is 3.21. The summed E-state index contributed by atoms with van der Waals surface area (Å²) in [5.74, 6) is -1.03. The predicted molar refractivity (Wildman–Crippen MR) is 148 cm³/mol. The maximum absolute atomic E-state index is 13.0. The summed E-state index contributed by atoms with van der Waals surface area (Å²) in [5.41, 5.74) is 7.37. The zero-order valence-corrected chi connectivity index (χ0v) is 22.5. The number of hydrogen-bond donors (Lipinski definition) is 2. The van der Waals surface area contributed by atoms with E-state index in [0.717, 1.165) is 12.8 Å². The van der Waals surface area contributed by atoms with E-state index < -0.39 is 17.1 Å². The molecule has 2 aromatic rings. The van der Waals surface area contributed by atoms with Crippen LogP contribution in [-0.4, -0.2) is 62.2 Å². The summed E-state index contributed by atoms with van der Waals surface area (Å²) in [6.45, 7) is 4.94. The van der Waals surface area contributed by atoms with Gasteiger partial charge in [0.1, 0.15) is 16.8 Å². The van der Waals surface area contributed by atoms with Crippen LogP contribution in [0.1, 0.15) is 54.7 Å². The Morgan fingerprint density at radius 3 is 2.57 bits per heavy atom. The van der Waals surface area contributed by atoms with Gasteiger partial charge in [0.25, 0.3) is 5.91 Å². The Morgan fingerprint density at radius 1 is 1.19 bits per heavy atom. The lowest BCUT2D eigenvalue weighted by Gasteiger charge is -2.24. The van der Waals surface area contributed by atoms with Crippen molar-refractivity contribution in [2.45, 2.75) is 51.0 Å². The molecule has 0 bridgehead atoms. The molecule has 2 amide bonds. The molecule has 9 nitrogen and oxygen atoms in total. The Morgan fingerprint density at radius 2 is 1.92 bits per heavy atom. The number of thioether (sulfide) groups is 1. The topological polar surface area (TPSA) is 127 Å². The molecule has 2 unspecified atom stereocenters. The van der Waals surface area contributed by atoms with E-state index >= 15 is 0 Å². The number of rotatable bonds is 11. The fourth-order valence-corrected chi connectivity index (χ4v) is 5.06. The van der Waals surface area contributed by atoms with Gasteiger partial charge >= 0.3 is 5.97 Å². The van der Waals surface area contributed by atoms with Crippen LogP contribution in [0.5, 0.6) is 0 Å². The number of benzene rings is 1. The van der Waals surface area contributed by atoms with Gasteiger partial charge in [-0.2, -0.15) is 4.99 Å². The molecule has 1 aromatic heterocycles. The Balaban J connectivity index is 1.58. The summed E-state index contributed by atoms with van der Waals surface area (Å²) in [7, 11) is 0. The maximum atomic E-state index is 13.0. The number of pyridine rings is 1. The summed E-state index contributed by atoms with van der Waals surface area (Å²) in [6, 6.07) is 11.9. The molecule has 1 aliphatic heterocycles. The van der Waals surface area contributed by atoms with E-state index in [-0.39, 0.29) is 36.5 Å². The van der Waals surface area contributed by atoms with E-state index in [1.54, 1.807) is 42.6 Å². The fraction of sp³-hybridized carbons (Fsp3) is 0.385. The summed E-state index contributed by atoms with van der Waals surface area (Å²) in [4.78, 5) is 48.5. The Hall–Kier alpha value is -3.31. The second-order valence-corrected chi connectivity index (χ2v) is 10.0. The lowest BCUT2D eigenvalue weighted by atomic mass is 10.1. The second kappa shape index (κ2) is 13.8. The standard InChI is InChI=1S/C26H31N5O4S2/c1-3-4-15-31-17(2)22(25(34)29-14-12-21(32)35-16-20-7-5-6-13-28-20)37-26(31)30-24(33)19-10-8-18(9-11-19)23(27)36/h5-11,13,17,22H,3-4,12,14-16H2,1-2H3,(H2,27,36)(H,29,34). The third-order valence-corrected chi connectivity index (χ3v) is 7.40. The Labute approximate surface area is 226 Å². The summed E-state index contributed by atoms with van der Waals surface area (Å²) < 4.78 is 5.20. The van der Waals surface area contributed by atoms with Crippen LogP contribution in [-0.2, 0) is 20.9 Å². The molecule has 2 atom stereocenters. The van der Waals surface area contributed by atoms with Crippen LogP contribution in [0.25, 0.3) is 0 Å². The zero-order chi connectivity index (χ0) is 26.8. The van der Waals surface area contributed by atoms with E-state index in [0.29, 0.717) is 28.5 Å². The van der Waals surface area contributed by atoms with Crippen molar-refractivity contribution >= 4 is 51.9 Å². The normalized spacial score (nSPS) is 18.0. The molecule has 0 saturated carbocycles. The van der Waals surface area contributed by atoms with Gasteiger partial charge in [-0.05, 0) is 37.6 Å². The van der Waals surface area contributed by atoms with Crippen LogP contribution in [0.2, 0.25) is 0 Å². The van der Waals surface area contributed by atoms with E-state index in [1.807, 2.05) is 17.9 Å². The van der Waals surface area contributed by atoms with Crippen molar-refractivity contribution in [3.63, 3.8) is 0 Å². The van der Waals surface area contributed by atoms with Gasteiger partial charge in [0.15, 0.2) is 5.17 Å². The van der Waals surface area contributed by atoms with Gasteiger partial charge in [-0.25, -0.2) is 0 Å². The molecule has 37 heavy (non-hydrogen) atoms. The molecule has 1 fully saturated rings. The number of nitrogens with zero attached hydrogens (tertiary/aromatic N) is 3. The number of hydrogen-bond acceptors (Lipinski definition) is 7. The van der Waals surface area contributed by atoms with Crippen LogP contribution < -0.4 is 11.1 Å². The minimum absolute atomic E-state index is 0.0472. The van der Waals surface area contributed by atoms with Crippen LogP contribution in [0, 0.1) is 0 Å². The van der Waals surface area contributed by atoms with E-state index in [2.05, 4.69) is 22.2 Å². The molecule has 196 valence electrons. The number of carbonyl (C=O) groups excluding carboxylic acids is 3. The van der Waals surface area contributed by atoms with Gasteiger partial charge in [0.2, 0.25) is 5.91 Å². The van der Waals surface area contributed by atoms with Crippen molar-refractivity contribution in [3.05, 3.63) is 65.5 Å². The third kappa shape index (κ3) is 8.09. The number of aromatic nitrogens is 1. The lowest BCUT2D eigenvalue weighted by molar-refractivity contribution is -0.145. The van der Waals surface area contributed by atoms with Crippen molar-refractivity contribution in [2.75, 3.05) is 13.1 Å². The summed E-state index contributed by atoms with van der Waals surface area (Å²) in [6.07, 6.45) is 3.54. The molecule has 2 heterocycles. The second-order valence-electron chi connectivity index (χ2n) is 8.49. The Bertz CT molecular complexity index is 1140. The molecule has 3 rings (SSSR count). The monoisotopic (exact) mass is 541 g/mol. The number of carbonyl (C=O) groups is 3. The van der Waals surface area contributed by atoms with Crippen molar-refractivity contribution in [1.29, 1.82) is 0 Å². The SMILES string of the molecule is CCCCN1C(=NC(=O)c2ccc(C(N)=S)cc2)SC(C(=O)NCCC(=O)OCc2ccccn2)C1C. The van der Waals surface area contributed by atoms with Crippen molar-refractivity contribution in [1.82, 2.24) is 15.2 Å². The lowest BCUT2D eigenvalue weighted by Crippen LogP contribution is -2.43. The highest BCUT2D eigenvalue weighted by atomic mass is 32.2. The van der Waals surface area contributed by atoms with E-state index in [9.17, 15) is 14.4 Å². The molecule has 1 saturated heterocycles. The number of nitrogens with one attached hydrogen (secondary N) is 1. The molecule has 3 N–H and O–H groups in total. The number of amides is 2. The first-order valence-electron chi connectivity index (χ1n) is 12.1. The summed E-state index contributed by atoms with van der Waals surface area (Å²) >= 11 is 6.22. The number of esters is 1. The number of unbranched alkanes of at least 4 members (excludes halogenated alkanes) is 1. The van der Waals surface area contributed by atoms with Crippen molar-refractivity contribution in [2.24, 2.45) is 10.7 Å². The first kappa shape index (κ1) is 28.3. The summed E-state index contributed by atoms with van der Waals surface area (Å²) in [5, 5.41) is 2.86. The largest absolute Gasteiger partial charge is 0.459 e. The molecule has 0 radical (unpaired) electrons. The minimum atomic E-state index is -0.468. The van der Waals surface area contributed by atoms with Crippen molar-refractivity contribution in [3.8, 4) is 0 Å². The van der Waals surface area contributed by atoms with Gasteiger partial charge < -0.3 is 20.7 Å². The number of amidine groups is 1.